The van der Waals surface area contributed by atoms with Crippen molar-refractivity contribution in [2.45, 2.75) is 19.6 Å². The van der Waals surface area contributed by atoms with Crippen molar-refractivity contribution in [1.82, 2.24) is 4.98 Å². The second-order valence-corrected chi connectivity index (χ2v) is 3.14. The first-order valence-corrected chi connectivity index (χ1v) is 3.79. The number of aliphatic hydroxyl groups excluding tert-OH is 2. The van der Waals surface area contributed by atoms with Crippen LogP contribution in [0.2, 0.25) is 0 Å². The third-order valence-corrected chi connectivity index (χ3v) is 2.27. The minimum Gasteiger partial charge on any atom is -0.389 e. The summed E-state index contributed by atoms with van der Waals surface area (Å²) in [6, 6.07) is 0. The Bertz CT molecular complexity index is 209. The third kappa shape index (κ3) is 1.53. The van der Waals surface area contributed by atoms with Crippen molar-refractivity contribution < 1.29 is 10.2 Å². The monoisotopic (exact) mass is 159 g/mol. The van der Waals surface area contributed by atoms with Gasteiger partial charge in [-0.05, 0) is 6.92 Å². The van der Waals surface area contributed by atoms with Crippen molar-refractivity contribution in [1.29, 1.82) is 0 Å². The summed E-state index contributed by atoms with van der Waals surface area (Å²) >= 11 is 1.33. The van der Waals surface area contributed by atoms with E-state index in [1.807, 2.05) is 0 Å². The van der Waals surface area contributed by atoms with E-state index in [-0.39, 0.29) is 6.61 Å². The normalized spacial score (nSPS) is 13.5. The first-order chi connectivity index (χ1) is 4.74. The van der Waals surface area contributed by atoms with E-state index < -0.39 is 6.10 Å². The average Bonchev–Trinajstić information content (AvgIpc) is 2.34. The molecule has 1 heterocycles. The van der Waals surface area contributed by atoms with Crippen molar-refractivity contribution in [2.24, 2.45) is 0 Å². The summed E-state index contributed by atoms with van der Waals surface area (Å²) in [6.45, 7) is 1.63. The Morgan fingerprint density at radius 1 is 1.80 bits per heavy atom. The lowest BCUT2D eigenvalue weighted by atomic mass is 10.4. The van der Waals surface area contributed by atoms with Crippen LogP contribution in [0.3, 0.4) is 0 Å². The summed E-state index contributed by atoms with van der Waals surface area (Å²) in [4.78, 5) is 4.66. The fraction of sp³-hybridized carbons (Fsp3) is 0.500. The van der Waals surface area contributed by atoms with Gasteiger partial charge in [-0.15, -0.1) is 11.3 Å². The number of thiazole rings is 1. The largest absolute Gasteiger partial charge is 0.389 e. The maximum absolute atomic E-state index is 9.02. The van der Waals surface area contributed by atoms with Crippen LogP contribution in [-0.2, 0) is 6.61 Å². The number of aromatic nitrogens is 1. The highest BCUT2D eigenvalue weighted by atomic mass is 32.1. The second-order valence-electron chi connectivity index (χ2n) is 1.99. The van der Waals surface area contributed by atoms with E-state index in [0.717, 1.165) is 4.88 Å². The molecule has 0 saturated heterocycles. The van der Waals surface area contributed by atoms with E-state index in [4.69, 9.17) is 10.2 Å². The van der Waals surface area contributed by atoms with E-state index >= 15 is 0 Å². The number of hydrogen-bond donors (Lipinski definition) is 2. The van der Waals surface area contributed by atoms with Crippen molar-refractivity contribution in [3.8, 4) is 0 Å². The molecular formula is C6H9NO2S. The first-order valence-electron chi connectivity index (χ1n) is 2.97. The SMILES string of the molecule is CC(O)c1cnc(CO)s1. The van der Waals surface area contributed by atoms with Gasteiger partial charge in [0, 0.05) is 6.20 Å². The molecule has 2 N–H and O–H groups in total. The van der Waals surface area contributed by atoms with Crippen molar-refractivity contribution in [3.63, 3.8) is 0 Å². The molecule has 1 unspecified atom stereocenters. The zero-order valence-electron chi connectivity index (χ0n) is 5.61. The summed E-state index contributed by atoms with van der Waals surface area (Å²) < 4.78 is 0. The molecule has 0 saturated carbocycles. The zero-order chi connectivity index (χ0) is 7.56. The molecule has 0 aliphatic rings. The molecule has 4 heteroatoms. The molecule has 1 aromatic rings. The topological polar surface area (TPSA) is 53.4 Å². The first kappa shape index (κ1) is 7.65. The van der Waals surface area contributed by atoms with Gasteiger partial charge in [0.15, 0.2) is 0 Å². The number of rotatable bonds is 2. The quantitative estimate of drug-likeness (QED) is 0.667. The molecule has 0 fully saturated rings. The minimum absolute atomic E-state index is 0.0443. The highest BCUT2D eigenvalue weighted by Crippen LogP contribution is 2.19. The Morgan fingerprint density at radius 2 is 2.50 bits per heavy atom. The summed E-state index contributed by atoms with van der Waals surface area (Å²) in [5.74, 6) is 0. The fourth-order valence-corrected chi connectivity index (χ4v) is 1.31. The van der Waals surface area contributed by atoms with Crippen LogP contribution >= 0.6 is 11.3 Å². The van der Waals surface area contributed by atoms with Crippen LogP contribution in [0.5, 0.6) is 0 Å². The van der Waals surface area contributed by atoms with Crippen LogP contribution in [0.25, 0.3) is 0 Å². The predicted octanol–water partition coefficient (Wildman–Crippen LogP) is 0.689. The standard InChI is InChI=1S/C6H9NO2S/c1-4(9)5-2-7-6(3-8)10-5/h2,4,8-9H,3H2,1H3. The molecule has 0 spiro atoms. The van der Waals surface area contributed by atoms with Gasteiger partial charge in [0.05, 0.1) is 17.6 Å². The van der Waals surface area contributed by atoms with Gasteiger partial charge in [-0.1, -0.05) is 0 Å². The smallest absolute Gasteiger partial charge is 0.118 e. The van der Waals surface area contributed by atoms with Crippen LogP contribution in [0.1, 0.15) is 22.9 Å². The van der Waals surface area contributed by atoms with Gasteiger partial charge in [-0.3, -0.25) is 0 Å². The molecule has 56 valence electrons. The molecule has 0 bridgehead atoms. The molecule has 3 nitrogen and oxygen atoms in total. The molecular weight excluding hydrogens is 150 g/mol. The minimum atomic E-state index is -0.474. The van der Waals surface area contributed by atoms with Crippen LogP contribution in [0.15, 0.2) is 6.20 Å². The molecule has 0 amide bonds. The molecule has 1 rings (SSSR count). The Morgan fingerprint density at radius 3 is 2.80 bits per heavy atom. The van der Waals surface area contributed by atoms with Crippen molar-refractivity contribution >= 4 is 11.3 Å². The summed E-state index contributed by atoms with van der Waals surface area (Å²) in [7, 11) is 0. The second kappa shape index (κ2) is 3.09. The van der Waals surface area contributed by atoms with Crippen molar-refractivity contribution in [2.75, 3.05) is 0 Å². The molecule has 0 radical (unpaired) electrons. The van der Waals surface area contributed by atoms with Crippen LogP contribution in [0, 0.1) is 0 Å². The molecule has 10 heavy (non-hydrogen) atoms. The Hall–Kier alpha value is -0.450. The number of aliphatic hydroxyl groups is 2. The van der Waals surface area contributed by atoms with Gasteiger partial charge in [-0.25, -0.2) is 4.98 Å². The van der Waals surface area contributed by atoms with Crippen LogP contribution < -0.4 is 0 Å². The molecule has 1 atom stereocenters. The van der Waals surface area contributed by atoms with E-state index in [1.165, 1.54) is 11.3 Å². The fourth-order valence-electron chi connectivity index (χ4n) is 0.591. The van der Waals surface area contributed by atoms with E-state index in [9.17, 15) is 0 Å². The van der Waals surface area contributed by atoms with Gasteiger partial charge in [0.25, 0.3) is 0 Å². The Kier molecular flexibility index (Phi) is 2.37. The van der Waals surface area contributed by atoms with Gasteiger partial charge < -0.3 is 10.2 Å². The van der Waals surface area contributed by atoms with Gasteiger partial charge >= 0.3 is 0 Å². The van der Waals surface area contributed by atoms with Crippen molar-refractivity contribution in [3.05, 3.63) is 16.1 Å². The summed E-state index contributed by atoms with van der Waals surface area (Å²) in [6.07, 6.45) is 1.11. The van der Waals surface area contributed by atoms with Gasteiger partial charge in [-0.2, -0.15) is 0 Å². The van der Waals surface area contributed by atoms with E-state index in [0.29, 0.717) is 5.01 Å². The molecule has 0 aliphatic carbocycles. The lowest BCUT2D eigenvalue weighted by Gasteiger charge is -1.94. The molecule has 0 aromatic carbocycles. The van der Waals surface area contributed by atoms with E-state index in [2.05, 4.69) is 4.98 Å². The van der Waals surface area contributed by atoms with E-state index in [1.54, 1.807) is 13.1 Å². The molecule has 0 aliphatic heterocycles. The Balaban J connectivity index is 2.78. The zero-order valence-corrected chi connectivity index (χ0v) is 6.43. The third-order valence-electron chi connectivity index (χ3n) is 1.12. The Labute approximate surface area is 63.0 Å². The number of hydrogen-bond acceptors (Lipinski definition) is 4. The maximum Gasteiger partial charge on any atom is 0.118 e. The number of nitrogens with zero attached hydrogens (tertiary/aromatic N) is 1. The lowest BCUT2D eigenvalue weighted by Crippen LogP contribution is -1.83. The summed E-state index contributed by atoms with van der Waals surface area (Å²) in [5.41, 5.74) is 0. The van der Waals surface area contributed by atoms with Gasteiger partial charge in [0.1, 0.15) is 5.01 Å². The highest BCUT2D eigenvalue weighted by Gasteiger charge is 2.04. The maximum atomic E-state index is 9.02. The summed E-state index contributed by atoms with van der Waals surface area (Å²) in [5, 5.41) is 18.3. The van der Waals surface area contributed by atoms with Crippen LogP contribution in [0.4, 0.5) is 0 Å². The highest BCUT2D eigenvalue weighted by molar-refractivity contribution is 7.11. The average molecular weight is 159 g/mol. The van der Waals surface area contributed by atoms with Gasteiger partial charge in [0.2, 0.25) is 0 Å². The molecule has 1 aromatic heterocycles. The lowest BCUT2D eigenvalue weighted by molar-refractivity contribution is 0.203. The van der Waals surface area contributed by atoms with Crippen LogP contribution in [-0.4, -0.2) is 15.2 Å². The predicted molar refractivity (Wildman–Crippen MR) is 38.7 cm³/mol.